The number of aryl methyl sites for hydroxylation is 3. The number of fused-ring (bicyclic) bond motifs is 2. The molecule has 0 radical (unpaired) electrons. The lowest BCUT2D eigenvalue weighted by molar-refractivity contribution is 0.119. The van der Waals surface area contributed by atoms with E-state index < -0.39 is 0 Å². The van der Waals surface area contributed by atoms with Gasteiger partial charge in [-0.05, 0) is 52.3 Å². The molecule has 3 aromatic heterocycles. The summed E-state index contributed by atoms with van der Waals surface area (Å²) in [5.41, 5.74) is 2.65. The summed E-state index contributed by atoms with van der Waals surface area (Å²) < 4.78 is 9.29. The van der Waals surface area contributed by atoms with E-state index in [4.69, 9.17) is 9.40 Å². The molecule has 0 bridgehead atoms. The number of nitriles is 1. The van der Waals surface area contributed by atoms with E-state index in [-0.39, 0.29) is 35.7 Å². The smallest absolute Gasteiger partial charge is 0.350 e. The number of hydrogen-bond donors (Lipinski definition) is 0. The normalized spacial score (nSPS) is 19.2. The first-order valence-corrected chi connectivity index (χ1v) is 13.0. The van der Waals surface area contributed by atoms with Crippen molar-refractivity contribution >= 4 is 28.0 Å². The van der Waals surface area contributed by atoms with Crippen molar-refractivity contribution in [1.29, 1.82) is 5.26 Å². The zero-order valence-corrected chi connectivity index (χ0v) is 22.7. The van der Waals surface area contributed by atoms with Crippen molar-refractivity contribution in [2.45, 2.75) is 65.7 Å². The van der Waals surface area contributed by atoms with Crippen LogP contribution in [0.1, 0.15) is 50.9 Å². The van der Waals surface area contributed by atoms with E-state index in [1.165, 1.54) is 10.6 Å². The first-order chi connectivity index (χ1) is 18.1. The molecule has 1 fully saturated rings. The predicted octanol–water partition coefficient (Wildman–Crippen LogP) is 3.29. The van der Waals surface area contributed by atoms with Crippen LogP contribution in [0, 0.1) is 18.3 Å². The minimum Gasteiger partial charge on any atom is -0.461 e. The Kier molecular flexibility index (Phi) is 6.57. The van der Waals surface area contributed by atoms with E-state index in [1.807, 2.05) is 29.7 Å². The Labute approximate surface area is 220 Å². The molecule has 0 spiro atoms. The van der Waals surface area contributed by atoms with E-state index >= 15 is 0 Å². The lowest BCUT2D eigenvalue weighted by Crippen LogP contribution is -2.57. The maximum Gasteiger partial charge on any atom is 0.350 e. The van der Waals surface area contributed by atoms with Gasteiger partial charge in [-0.3, -0.25) is 14.3 Å². The van der Waals surface area contributed by atoms with Gasteiger partial charge in [0.15, 0.2) is 11.2 Å². The average Bonchev–Trinajstić information content (AvgIpc) is 3.25. The Morgan fingerprint density at radius 1 is 1.16 bits per heavy atom. The largest absolute Gasteiger partial charge is 0.461 e. The molecule has 0 amide bonds. The van der Waals surface area contributed by atoms with E-state index in [2.05, 4.69) is 41.6 Å². The van der Waals surface area contributed by atoms with Gasteiger partial charge in [0.2, 0.25) is 0 Å². The summed E-state index contributed by atoms with van der Waals surface area (Å²) in [5.74, 6) is 1.81. The molecule has 10 heteroatoms. The molecule has 4 aromatic rings. The van der Waals surface area contributed by atoms with Crippen molar-refractivity contribution in [1.82, 2.24) is 24.0 Å². The average molecular weight is 516 g/mol. The molecule has 1 unspecified atom stereocenters. The van der Waals surface area contributed by atoms with Gasteiger partial charge < -0.3 is 13.9 Å². The molecule has 1 aliphatic rings. The maximum absolute atomic E-state index is 12.9. The van der Waals surface area contributed by atoms with Crippen molar-refractivity contribution in [3.8, 4) is 6.07 Å². The van der Waals surface area contributed by atoms with Crippen molar-refractivity contribution < 1.29 is 4.42 Å². The van der Waals surface area contributed by atoms with Gasteiger partial charge in [0, 0.05) is 50.9 Å². The topological polar surface area (TPSA) is 113 Å². The lowest BCUT2D eigenvalue weighted by atomic mass is 9.99. The molecule has 0 saturated carbocycles. The second-order valence-electron chi connectivity index (χ2n) is 10.3. The van der Waals surface area contributed by atoms with Crippen LogP contribution < -0.4 is 16.0 Å². The van der Waals surface area contributed by atoms with Gasteiger partial charge in [-0.15, -0.1) is 0 Å². The fourth-order valence-corrected chi connectivity index (χ4v) is 5.76. The second-order valence-corrected chi connectivity index (χ2v) is 10.3. The molecule has 3 atom stereocenters. The highest BCUT2D eigenvalue weighted by Crippen LogP contribution is 2.32. The van der Waals surface area contributed by atoms with Crippen LogP contribution in [-0.2, 0) is 20.0 Å². The van der Waals surface area contributed by atoms with E-state index in [9.17, 15) is 14.9 Å². The quantitative estimate of drug-likeness (QED) is 0.398. The number of piperazine rings is 1. The van der Waals surface area contributed by atoms with Crippen molar-refractivity contribution in [2.75, 3.05) is 18.0 Å². The van der Waals surface area contributed by atoms with Gasteiger partial charge in [0.25, 0.3) is 0 Å². The first-order valence-electron chi connectivity index (χ1n) is 13.0. The van der Waals surface area contributed by atoms with Gasteiger partial charge >= 0.3 is 5.69 Å². The van der Waals surface area contributed by atoms with Crippen LogP contribution >= 0.6 is 0 Å². The summed E-state index contributed by atoms with van der Waals surface area (Å²) in [5, 5.41) is 9.90. The zero-order chi connectivity index (χ0) is 27.3. The van der Waals surface area contributed by atoms with E-state index in [0.29, 0.717) is 52.6 Å². The van der Waals surface area contributed by atoms with E-state index in [0.717, 1.165) is 12.1 Å². The Morgan fingerprint density at radius 2 is 1.92 bits per heavy atom. The SMILES string of the molecule is CCn1c(CC#N)nc2c(N3C[C@@H](C)N(C(C)c4ccc5c(=O)cc(C)oc5c4)C[C@@H]3C)nc(=O)n(C)c21. The van der Waals surface area contributed by atoms with Crippen LogP contribution in [0.3, 0.4) is 0 Å². The fourth-order valence-electron chi connectivity index (χ4n) is 5.76. The van der Waals surface area contributed by atoms with Crippen molar-refractivity contribution in [2.24, 2.45) is 7.05 Å². The molecule has 38 heavy (non-hydrogen) atoms. The third-order valence-electron chi connectivity index (χ3n) is 7.75. The monoisotopic (exact) mass is 515 g/mol. The van der Waals surface area contributed by atoms with Crippen LogP contribution in [0.4, 0.5) is 5.82 Å². The number of hydrogen-bond acceptors (Lipinski definition) is 8. The molecule has 1 aromatic carbocycles. The van der Waals surface area contributed by atoms with Crippen LogP contribution in [0.2, 0.25) is 0 Å². The number of nitrogens with zero attached hydrogens (tertiary/aromatic N) is 7. The summed E-state index contributed by atoms with van der Waals surface area (Å²) >= 11 is 0. The van der Waals surface area contributed by atoms with Gasteiger partial charge in [-0.25, -0.2) is 9.78 Å². The number of imidazole rings is 1. The van der Waals surface area contributed by atoms with Crippen molar-refractivity contribution in [3.63, 3.8) is 0 Å². The van der Waals surface area contributed by atoms with E-state index in [1.54, 1.807) is 14.0 Å². The molecule has 1 aliphatic heterocycles. The minimum atomic E-state index is -0.339. The highest BCUT2D eigenvalue weighted by atomic mass is 16.3. The molecule has 198 valence electrons. The lowest BCUT2D eigenvalue weighted by Gasteiger charge is -2.47. The highest BCUT2D eigenvalue weighted by molar-refractivity contribution is 5.85. The molecule has 10 nitrogen and oxygen atoms in total. The third-order valence-corrected chi connectivity index (χ3v) is 7.75. The first kappa shape index (κ1) is 25.7. The van der Waals surface area contributed by atoms with Gasteiger partial charge in [-0.2, -0.15) is 10.2 Å². The number of anilines is 1. The minimum absolute atomic E-state index is 0.0326. The Hall–Kier alpha value is -3.97. The van der Waals surface area contributed by atoms with Gasteiger partial charge in [-0.1, -0.05) is 6.07 Å². The molecule has 0 aliphatic carbocycles. The maximum atomic E-state index is 12.9. The number of benzene rings is 1. The standard InChI is InChI=1S/C28H33N7O3/c1-7-33-24(10-11-29)30-25-26(31-28(37)32(6)27(25)33)35-15-16(2)34(14-17(35)3)19(5)20-8-9-21-22(36)12-18(4)38-23(21)13-20/h8-9,12-13,16-17,19H,7,10,14-15H2,1-6H3/t16-,17+,19?/m1/s1. The zero-order valence-electron chi connectivity index (χ0n) is 22.7. The van der Waals surface area contributed by atoms with Crippen molar-refractivity contribution in [3.05, 3.63) is 62.1 Å². The highest BCUT2D eigenvalue weighted by Gasteiger charge is 2.35. The molecular weight excluding hydrogens is 482 g/mol. The fraction of sp³-hybridized carbons (Fsp3) is 0.464. The van der Waals surface area contributed by atoms with Crippen LogP contribution in [0.15, 0.2) is 38.3 Å². The molecule has 5 rings (SSSR count). The third kappa shape index (κ3) is 4.17. The Morgan fingerprint density at radius 3 is 2.63 bits per heavy atom. The van der Waals surface area contributed by atoms with Crippen LogP contribution in [0.5, 0.6) is 0 Å². The predicted molar refractivity (Wildman–Crippen MR) is 146 cm³/mol. The van der Waals surface area contributed by atoms with Crippen LogP contribution in [-0.4, -0.2) is 49.2 Å². The molecule has 0 N–H and O–H groups in total. The molecular formula is C28H33N7O3. The Balaban J connectivity index is 1.49. The summed E-state index contributed by atoms with van der Waals surface area (Å²) in [4.78, 5) is 39.1. The number of rotatable bonds is 5. The summed E-state index contributed by atoms with van der Waals surface area (Å²) in [6.45, 7) is 12.3. The molecule has 4 heterocycles. The molecule has 1 saturated heterocycles. The summed E-state index contributed by atoms with van der Waals surface area (Å²) in [6, 6.07) is 9.81. The van der Waals surface area contributed by atoms with Gasteiger partial charge in [0.1, 0.15) is 28.3 Å². The van der Waals surface area contributed by atoms with Gasteiger partial charge in [0.05, 0.1) is 17.9 Å². The Bertz CT molecular complexity index is 1690. The summed E-state index contributed by atoms with van der Waals surface area (Å²) in [6.07, 6.45) is 0.165. The number of aromatic nitrogens is 4. The summed E-state index contributed by atoms with van der Waals surface area (Å²) in [7, 11) is 1.70. The van der Waals surface area contributed by atoms with Crippen LogP contribution in [0.25, 0.3) is 22.1 Å². The second kappa shape index (κ2) is 9.72.